The van der Waals surface area contributed by atoms with Gasteiger partial charge in [0.1, 0.15) is 5.82 Å². The number of rotatable bonds is 4. The van der Waals surface area contributed by atoms with Gasteiger partial charge in [-0.25, -0.2) is 4.39 Å². The van der Waals surface area contributed by atoms with E-state index in [1.54, 1.807) is 17.5 Å². The molecular weight excluding hydrogens is 305 g/mol. The maximum Gasteiger partial charge on any atom is 0.141 e. The van der Waals surface area contributed by atoms with E-state index in [4.69, 9.17) is 5.84 Å². The monoisotopic (exact) mass is 315 g/mol. The molecule has 3 N–H and O–H groups in total. The SMILES string of the molecule is NNC(Cc1cc(Br)cs1)c1cncc(F)c1. The van der Waals surface area contributed by atoms with Crippen molar-refractivity contribution in [3.63, 3.8) is 0 Å². The minimum atomic E-state index is -0.352. The highest BCUT2D eigenvalue weighted by molar-refractivity contribution is 9.10. The molecule has 3 nitrogen and oxygen atoms in total. The average Bonchev–Trinajstić information content (AvgIpc) is 2.72. The fourth-order valence-corrected chi connectivity index (χ4v) is 3.05. The van der Waals surface area contributed by atoms with E-state index in [0.29, 0.717) is 6.42 Å². The molecule has 2 rings (SSSR count). The second kappa shape index (κ2) is 5.68. The quantitative estimate of drug-likeness (QED) is 0.674. The predicted molar refractivity (Wildman–Crippen MR) is 70.0 cm³/mol. The van der Waals surface area contributed by atoms with Crippen LogP contribution in [0.25, 0.3) is 0 Å². The molecule has 0 saturated carbocycles. The van der Waals surface area contributed by atoms with Gasteiger partial charge in [0.25, 0.3) is 0 Å². The van der Waals surface area contributed by atoms with Crippen LogP contribution in [-0.4, -0.2) is 4.98 Å². The molecule has 0 amide bonds. The fraction of sp³-hybridized carbons (Fsp3) is 0.182. The normalized spacial score (nSPS) is 12.6. The summed E-state index contributed by atoms with van der Waals surface area (Å²) in [7, 11) is 0. The lowest BCUT2D eigenvalue weighted by atomic mass is 10.1. The molecule has 0 aliphatic carbocycles. The van der Waals surface area contributed by atoms with Gasteiger partial charge in [-0.1, -0.05) is 0 Å². The predicted octanol–water partition coefficient (Wildman–Crippen LogP) is 2.79. The summed E-state index contributed by atoms with van der Waals surface area (Å²) in [6.45, 7) is 0. The first-order chi connectivity index (χ1) is 8.19. The van der Waals surface area contributed by atoms with Crippen LogP contribution in [0.2, 0.25) is 0 Å². The van der Waals surface area contributed by atoms with Crippen LogP contribution in [0, 0.1) is 5.82 Å². The molecule has 1 unspecified atom stereocenters. The number of aromatic nitrogens is 1. The van der Waals surface area contributed by atoms with Gasteiger partial charge in [0.15, 0.2) is 0 Å². The Labute approximate surface area is 111 Å². The Bertz CT molecular complexity index is 503. The molecule has 2 heterocycles. The molecule has 0 aliphatic rings. The van der Waals surface area contributed by atoms with Crippen molar-refractivity contribution in [3.05, 3.63) is 50.6 Å². The molecule has 0 fully saturated rings. The van der Waals surface area contributed by atoms with E-state index in [1.807, 2.05) is 11.4 Å². The molecule has 0 bridgehead atoms. The molecular formula is C11H11BrFN3S. The van der Waals surface area contributed by atoms with Crippen LogP contribution >= 0.6 is 27.3 Å². The summed E-state index contributed by atoms with van der Waals surface area (Å²) in [4.78, 5) is 4.99. The van der Waals surface area contributed by atoms with Crippen molar-refractivity contribution in [1.82, 2.24) is 10.4 Å². The van der Waals surface area contributed by atoms with Crippen molar-refractivity contribution in [2.24, 2.45) is 5.84 Å². The Hall–Kier alpha value is -0.820. The minimum Gasteiger partial charge on any atom is -0.271 e. The van der Waals surface area contributed by atoms with Gasteiger partial charge in [0.05, 0.1) is 12.2 Å². The Morgan fingerprint density at radius 3 is 2.88 bits per heavy atom. The van der Waals surface area contributed by atoms with E-state index < -0.39 is 0 Å². The van der Waals surface area contributed by atoms with Crippen LogP contribution in [0.4, 0.5) is 4.39 Å². The molecule has 17 heavy (non-hydrogen) atoms. The van der Waals surface area contributed by atoms with E-state index >= 15 is 0 Å². The second-order valence-corrected chi connectivity index (χ2v) is 5.50. The highest BCUT2D eigenvalue weighted by atomic mass is 79.9. The zero-order chi connectivity index (χ0) is 12.3. The largest absolute Gasteiger partial charge is 0.271 e. The first kappa shape index (κ1) is 12.6. The summed E-state index contributed by atoms with van der Waals surface area (Å²) in [5, 5.41) is 2.01. The summed E-state index contributed by atoms with van der Waals surface area (Å²) < 4.78 is 14.1. The van der Waals surface area contributed by atoms with Crippen LogP contribution < -0.4 is 11.3 Å². The van der Waals surface area contributed by atoms with Gasteiger partial charge in [-0.05, 0) is 33.6 Å². The number of nitrogens with zero attached hydrogens (tertiary/aromatic N) is 1. The zero-order valence-electron chi connectivity index (χ0n) is 8.86. The van der Waals surface area contributed by atoms with Gasteiger partial charge in [0, 0.05) is 27.3 Å². The average molecular weight is 316 g/mol. The summed E-state index contributed by atoms with van der Waals surface area (Å²) in [6.07, 6.45) is 3.51. The molecule has 1 atom stereocenters. The van der Waals surface area contributed by atoms with E-state index in [0.717, 1.165) is 10.0 Å². The Kier molecular flexibility index (Phi) is 4.22. The molecule has 0 spiro atoms. The third-order valence-corrected chi connectivity index (χ3v) is 4.08. The lowest BCUT2D eigenvalue weighted by molar-refractivity contribution is 0.544. The Morgan fingerprint density at radius 2 is 2.29 bits per heavy atom. The van der Waals surface area contributed by atoms with Gasteiger partial charge in [-0.15, -0.1) is 11.3 Å². The maximum atomic E-state index is 13.1. The lowest BCUT2D eigenvalue weighted by Gasteiger charge is -2.14. The molecule has 0 radical (unpaired) electrons. The summed E-state index contributed by atoms with van der Waals surface area (Å²) >= 11 is 5.03. The molecule has 0 aromatic carbocycles. The molecule has 0 aliphatic heterocycles. The number of pyridine rings is 1. The second-order valence-electron chi connectivity index (χ2n) is 3.59. The molecule has 0 saturated heterocycles. The van der Waals surface area contributed by atoms with Crippen molar-refractivity contribution >= 4 is 27.3 Å². The number of halogens is 2. The Balaban J connectivity index is 2.16. The first-order valence-electron chi connectivity index (χ1n) is 4.98. The van der Waals surface area contributed by atoms with E-state index in [9.17, 15) is 4.39 Å². The molecule has 2 aromatic heterocycles. The number of hydrogen-bond donors (Lipinski definition) is 2. The summed E-state index contributed by atoms with van der Waals surface area (Å²) in [5.74, 6) is 5.15. The smallest absolute Gasteiger partial charge is 0.141 e. The van der Waals surface area contributed by atoms with E-state index in [-0.39, 0.29) is 11.9 Å². The van der Waals surface area contributed by atoms with Gasteiger partial charge >= 0.3 is 0 Å². The number of thiophene rings is 1. The third kappa shape index (κ3) is 3.32. The minimum absolute atomic E-state index is 0.135. The highest BCUT2D eigenvalue weighted by Crippen LogP contribution is 2.25. The van der Waals surface area contributed by atoms with Crippen LogP contribution in [0.1, 0.15) is 16.5 Å². The van der Waals surface area contributed by atoms with Crippen molar-refractivity contribution in [1.29, 1.82) is 0 Å². The van der Waals surface area contributed by atoms with Gasteiger partial charge in [0.2, 0.25) is 0 Å². The zero-order valence-corrected chi connectivity index (χ0v) is 11.3. The van der Waals surface area contributed by atoms with Crippen molar-refractivity contribution < 1.29 is 4.39 Å². The third-order valence-electron chi connectivity index (χ3n) is 2.36. The standard InChI is InChI=1S/C11H11BrFN3S/c12-8-2-10(17-6-8)3-11(16-14)7-1-9(13)5-15-4-7/h1-2,4-6,11,16H,3,14H2. The highest BCUT2D eigenvalue weighted by Gasteiger charge is 2.13. The van der Waals surface area contributed by atoms with Crippen LogP contribution in [0.15, 0.2) is 34.4 Å². The topological polar surface area (TPSA) is 50.9 Å². The van der Waals surface area contributed by atoms with Crippen molar-refractivity contribution in [3.8, 4) is 0 Å². The fourth-order valence-electron chi connectivity index (χ4n) is 1.55. The number of hydrazine groups is 1. The van der Waals surface area contributed by atoms with Crippen LogP contribution in [-0.2, 0) is 6.42 Å². The van der Waals surface area contributed by atoms with E-state index in [1.165, 1.54) is 17.1 Å². The lowest BCUT2D eigenvalue weighted by Crippen LogP contribution is -2.29. The number of hydrogen-bond acceptors (Lipinski definition) is 4. The number of nitrogens with one attached hydrogen (secondary N) is 1. The molecule has 90 valence electrons. The maximum absolute atomic E-state index is 13.1. The van der Waals surface area contributed by atoms with Crippen molar-refractivity contribution in [2.75, 3.05) is 0 Å². The Morgan fingerprint density at radius 1 is 1.47 bits per heavy atom. The van der Waals surface area contributed by atoms with E-state index in [2.05, 4.69) is 26.3 Å². The first-order valence-corrected chi connectivity index (χ1v) is 6.66. The van der Waals surface area contributed by atoms with Gasteiger partial charge < -0.3 is 0 Å². The van der Waals surface area contributed by atoms with Crippen LogP contribution in [0.3, 0.4) is 0 Å². The van der Waals surface area contributed by atoms with Gasteiger partial charge in [-0.3, -0.25) is 16.3 Å². The van der Waals surface area contributed by atoms with Crippen LogP contribution in [0.5, 0.6) is 0 Å². The van der Waals surface area contributed by atoms with Gasteiger partial charge in [-0.2, -0.15) is 0 Å². The van der Waals surface area contributed by atoms with Crippen molar-refractivity contribution in [2.45, 2.75) is 12.5 Å². The number of nitrogens with two attached hydrogens (primary N) is 1. The molecule has 2 aromatic rings. The summed E-state index contributed by atoms with van der Waals surface area (Å²) in [6, 6.07) is 3.34. The molecule has 6 heteroatoms. The summed E-state index contributed by atoms with van der Waals surface area (Å²) in [5.41, 5.74) is 3.44.